The molecule has 0 saturated carbocycles. The number of ether oxygens (including phenoxy) is 1. The number of fused-ring (bicyclic) bond motifs is 3. The van der Waals surface area contributed by atoms with E-state index in [1.165, 1.54) is 0 Å². The summed E-state index contributed by atoms with van der Waals surface area (Å²) in [6.45, 7) is 3.87. The molecule has 4 aromatic rings. The van der Waals surface area contributed by atoms with Gasteiger partial charge >= 0.3 is 0 Å². The van der Waals surface area contributed by atoms with Crippen molar-refractivity contribution < 1.29 is 18.5 Å². The zero-order valence-corrected chi connectivity index (χ0v) is 15.5. The zero-order chi connectivity index (χ0) is 19.0. The predicted octanol–water partition coefficient (Wildman–Crippen LogP) is 4.39. The van der Waals surface area contributed by atoms with Crippen molar-refractivity contribution in [1.82, 2.24) is 0 Å². The molecule has 5 nitrogen and oxygen atoms in total. The molecule has 0 radical (unpaired) electrons. The molecule has 0 unspecified atom stereocenters. The molecule has 1 N–H and O–H groups in total. The third-order valence-corrected chi connectivity index (χ3v) is 4.80. The second-order valence-corrected chi connectivity index (χ2v) is 6.63. The molecule has 0 aliphatic heterocycles. The van der Waals surface area contributed by atoms with Gasteiger partial charge in [0.1, 0.15) is 16.9 Å². The van der Waals surface area contributed by atoms with Crippen LogP contribution in [0.3, 0.4) is 0 Å². The number of nitrogens with zero attached hydrogens (tertiary/aromatic N) is 1. The van der Waals surface area contributed by atoms with Crippen molar-refractivity contribution >= 4 is 33.5 Å². The summed E-state index contributed by atoms with van der Waals surface area (Å²) in [7, 11) is 1.59. The molecule has 2 aromatic carbocycles. The molecule has 27 heavy (non-hydrogen) atoms. The third-order valence-electron chi connectivity index (χ3n) is 4.80. The fourth-order valence-corrected chi connectivity index (χ4v) is 3.16. The summed E-state index contributed by atoms with van der Waals surface area (Å²) < 4.78 is 13.3. The number of anilines is 1. The van der Waals surface area contributed by atoms with Gasteiger partial charge < -0.3 is 14.5 Å². The molecule has 0 saturated heterocycles. The van der Waals surface area contributed by atoms with Gasteiger partial charge in [0.15, 0.2) is 12.4 Å². The average molecular weight is 361 g/mol. The number of carbonyl (C=O) groups excluding carboxylic acids is 1. The van der Waals surface area contributed by atoms with Crippen LogP contribution in [0.4, 0.5) is 5.69 Å². The van der Waals surface area contributed by atoms with E-state index in [2.05, 4.69) is 5.32 Å². The zero-order valence-electron chi connectivity index (χ0n) is 15.5. The molecule has 0 aliphatic rings. The molecule has 0 bridgehead atoms. The number of aromatic nitrogens is 1. The minimum Gasteiger partial charge on any atom is -0.495 e. The summed E-state index contributed by atoms with van der Waals surface area (Å²) in [5.74, 6) is 0.473. The number of carbonyl (C=O) groups is 1. The smallest absolute Gasteiger partial charge is 0.293 e. The number of amides is 1. The number of rotatable bonds is 4. The van der Waals surface area contributed by atoms with E-state index in [0.717, 1.165) is 21.9 Å². The van der Waals surface area contributed by atoms with Crippen LogP contribution in [0.25, 0.3) is 21.9 Å². The molecule has 4 rings (SSSR count). The first kappa shape index (κ1) is 17.1. The Labute approximate surface area is 157 Å². The van der Waals surface area contributed by atoms with Gasteiger partial charge in [-0.25, -0.2) is 0 Å². The molecule has 1 amide bonds. The number of pyridine rings is 1. The van der Waals surface area contributed by atoms with Crippen molar-refractivity contribution in [1.29, 1.82) is 0 Å². The lowest BCUT2D eigenvalue weighted by Gasteiger charge is -2.12. The molecular weight excluding hydrogens is 340 g/mol. The number of methoxy groups -OCH3 is 1. The van der Waals surface area contributed by atoms with Crippen molar-refractivity contribution in [2.75, 3.05) is 12.4 Å². The van der Waals surface area contributed by atoms with Crippen molar-refractivity contribution in [3.8, 4) is 5.75 Å². The van der Waals surface area contributed by atoms with Gasteiger partial charge in [0.25, 0.3) is 5.91 Å². The molecule has 2 aromatic heterocycles. The summed E-state index contributed by atoms with van der Waals surface area (Å²) in [5, 5.41) is 4.95. The van der Waals surface area contributed by atoms with Crippen molar-refractivity contribution in [2.24, 2.45) is 0 Å². The molecule has 1 atom stereocenters. The Morgan fingerprint density at radius 2 is 1.81 bits per heavy atom. The monoisotopic (exact) mass is 361 g/mol. The molecule has 0 fully saturated rings. The molecular formula is C22H21N2O3+. The Kier molecular flexibility index (Phi) is 4.28. The van der Waals surface area contributed by atoms with Gasteiger partial charge in [-0.15, -0.1) is 0 Å². The van der Waals surface area contributed by atoms with Crippen molar-refractivity contribution in [3.05, 3.63) is 66.5 Å². The second kappa shape index (κ2) is 6.76. The van der Waals surface area contributed by atoms with Gasteiger partial charge in [-0.05, 0) is 24.6 Å². The van der Waals surface area contributed by atoms with Crippen LogP contribution < -0.4 is 14.6 Å². The van der Waals surface area contributed by atoms with Crippen molar-refractivity contribution in [2.45, 2.75) is 19.9 Å². The summed E-state index contributed by atoms with van der Waals surface area (Å²) in [6, 6.07) is 15.2. The van der Waals surface area contributed by atoms with E-state index in [-0.39, 0.29) is 11.9 Å². The van der Waals surface area contributed by atoms with Crippen molar-refractivity contribution in [3.63, 3.8) is 0 Å². The largest absolute Gasteiger partial charge is 0.495 e. The predicted molar refractivity (Wildman–Crippen MR) is 105 cm³/mol. The summed E-state index contributed by atoms with van der Waals surface area (Å²) in [6.07, 6.45) is 3.80. The van der Waals surface area contributed by atoms with Crippen LogP contribution in [0.5, 0.6) is 5.75 Å². The maximum atomic E-state index is 12.8. The Morgan fingerprint density at radius 3 is 2.56 bits per heavy atom. The highest BCUT2D eigenvalue weighted by Gasteiger charge is 2.23. The number of hydrogen-bond donors (Lipinski definition) is 1. The van der Waals surface area contributed by atoms with Gasteiger partial charge in [-0.3, -0.25) is 4.79 Å². The third kappa shape index (κ3) is 3.12. The van der Waals surface area contributed by atoms with E-state index in [1.54, 1.807) is 7.11 Å². The van der Waals surface area contributed by atoms with Crippen LogP contribution in [0.2, 0.25) is 0 Å². The van der Waals surface area contributed by atoms with Crippen LogP contribution in [0, 0.1) is 6.92 Å². The Bertz CT molecular complexity index is 1130. The van der Waals surface area contributed by atoms with Crippen LogP contribution in [-0.4, -0.2) is 13.0 Å². The molecule has 136 valence electrons. The Balaban J connectivity index is 1.69. The molecule has 2 heterocycles. The second-order valence-electron chi connectivity index (χ2n) is 6.63. The first-order valence-electron chi connectivity index (χ1n) is 8.84. The number of hydrogen-bond acceptors (Lipinski definition) is 3. The Hall–Kier alpha value is -3.34. The van der Waals surface area contributed by atoms with Gasteiger partial charge in [0.05, 0.1) is 12.8 Å². The van der Waals surface area contributed by atoms with E-state index in [1.807, 2.05) is 79.3 Å². The lowest BCUT2D eigenvalue weighted by Crippen LogP contribution is -2.44. The van der Waals surface area contributed by atoms with Crippen LogP contribution in [-0.2, 0) is 4.79 Å². The number of para-hydroxylation sites is 1. The van der Waals surface area contributed by atoms with Crippen LogP contribution in [0.1, 0.15) is 18.5 Å². The molecule has 0 aliphatic carbocycles. The number of aryl methyl sites for hydroxylation is 1. The first-order chi connectivity index (χ1) is 13.1. The standard InChI is InChI=1S/C22H20N2O3/c1-14-8-10-24(11-9-14)15(2)22(25)23-18-13-20-17(12-21(18)26-3)16-6-4-5-7-19(16)27-20/h4-13,15H,1-3H3/p+1/t15-/m0/s1. The number of furan rings is 1. The fourth-order valence-electron chi connectivity index (χ4n) is 3.16. The van der Waals surface area contributed by atoms with Crippen LogP contribution >= 0.6 is 0 Å². The van der Waals surface area contributed by atoms with E-state index in [0.29, 0.717) is 17.0 Å². The van der Waals surface area contributed by atoms with E-state index >= 15 is 0 Å². The number of nitrogens with one attached hydrogen (secondary N) is 1. The van der Waals surface area contributed by atoms with Gasteiger partial charge in [0, 0.05) is 35.9 Å². The Morgan fingerprint density at radius 1 is 1.07 bits per heavy atom. The minimum absolute atomic E-state index is 0.127. The van der Waals surface area contributed by atoms with Gasteiger partial charge in [0.2, 0.25) is 6.04 Å². The van der Waals surface area contributed by atoms with E-state index in [4.69, 9.17) is 9.15 Å². The quantitative estimate of drug-likeness (QED) is 0.549. The van der Waals surface area contributed by atoms with Gasteiger partial charge in [-0.1, -0.05) is 18.2 Å². The first-order valence-corrected chi connectivity index (χ1v) is 8.84. The SMILES string of the molecule is COc1cc2c(cc1NC(=O)[C@H](C)[n+]1ccc(C)cc1)oc1ccccc12. The maximum Gasteiger partial charge on any atom is 0.293 e. The van der Waals surface area contributed by atoms with E-state index < -0.39 is 0 Å². The summed E-state index contributed by atoms with van der Waals surface area (Å²) >= 11 is 0. The highest BCUT2D eigenvalue weighted by Crippen LogP contribution is 2.36. The lowest BCUT2D eigenvalue weighted by atomic mass is 10.1. The average Bonchev–Trinajstić information content (AvgIpc) is 3.04. The molecule has 0 spiro atoms. The summed E-state index contributed by atoms with van der Waals surface area (Å²) in [4.78, 5) is 12.8. The maximum absolute atomic E-state index is 12.8. The van der Waals surface area contributed by atoms with E-state index in [9.17, 15) is 4.79 Å². The van der Waals surface area contributed by atoms with Gasteiger partial charge in [-0.2, -0.15) is 4.57 Å². The fraction of sp³-hybridized carbons (Fsp3) is 0.182. The highest BCUT2D eigenvalue weighted by atomic mass is 16.5. The number of benzene rings is 2. The lowest BCUT2D eigenvalue weighted by molar-refractivity contribution is -0.705. The minimum atomic E-state index is -0.360. The topological polar surface area (TPSA) is 55.4 Å². The normalized spacial score (nSPS) is 12.3. The molecule has 5 heteroatoms. The highest BCUT2D eigenvalue weighted by molar-refractivity contribution is 6.07. The summed E-state index contributed by atoms with van der Waals surface area (Å²) in [5.41, 5.74) is 3.26. The van der Waals surface area contributed by atoms with Crippen LogP contribution in [0.15, 0.2) is 65.3 Å².